The molecule has 134 valence electrons. The van der Waals surface area contributed by atoms with E-state index in [1.807, 2.05) is 0 Å². The van der Waals surface area contributed by atoms with Gasteiger partial charge in [-0.3, -0.25) is 4.98 Å². The molecule has 1 aromatic heterocycles. The first-order valence-electron chi connectivity index (χ1n) is 7.77. The second kappa shape index (κ2) is 7.32. The molecule has 1 aromatic carbocycles. The number of aromatic nitrogens is 2. The van der Waals surface area contributed by atoms with E-state index in [-0.39, 0.29) is 23.3 Å². The highest BCUT2D eigenvalue weighted by Gasteiger charge is 2.33. The van der Waals surface area contributed by atoms with E-state index in [0.717, 1.165) is 12.1 Å². The average molecular weight is 367 g/mol. The Hall–Kier alpha value is -2.26. The fourth-order valence-electron chi connectivity index (χ4n) is 2.73. The van der Waals surface area contributed by atoms with Gasteiger partial charge in [-0.1, -0.05) is 0 Å². The van der Waals surface area contributed by atoms with Crippen molar-refractivity contribution in [3.63, 3.8) is 0 Å². The second-order valence-electron chi connectivity index (χ2n) is 5.58. The first kappa shape index (κ1) is 17.6. The van der Waals surface area contributed by atoms with Crippen molar-refractivity contribution in [1.82, 2.24) is 14.3 Å². The van der Waals surface area contributed by atoms with Crippen molar-refractivity contribution in [2.24, 2.45) is 0 Å². The van der Waals surface area contributed by atoms with Gasteiger partial charge in [-0.25, -0.2) is 17.8 Å². The van der Waals surface area contributed by atoms with E-state index in [4.69, 9.17) is 9.47 Å². The molecule has 0 amide bonds. The fraction of sp³-hybridized carbons (Fsp3) is 0.375. The molecule has 1 atom stereocenters. The van der Waals surface area contributed by atoms with Crippen molar-refractivity contribution in [2.45, 2.75) is 23.8 Å². The zero-order valence-corrected chi connectivity index (χ0v) is 14.4. The molecule has 0 spiro atoms. The second-order valence-corrected chi connectivity index (χ2v) is 7.49. The lowest BCUT2D eigenvalue weighted by Crippen LogP contribution is -2.44. The van der Waals surface area contributed by atoms with Gasteiger partial charge in [-0.2, -0.15) is 4.31 Å². The molecule has 2 aromatic rings. The van der Waals surface area contributed by atoms with Crippen LogP contribution in [0.25, 0.3) is 0 Å². The predicted molar refractivity (Wildman–Crippen MR) is 87.4 cm³/mol. The van der Waals surface area contributed by atoms with Crippen LogP contribution >= 0.6 is 0 Å². The van der Waals surface area contributed by atoms with Gasteiger partial charge in [0.2, 0.25) is 15.9 Å². The van der Waals surface area contributed by atoms with Crippen molar-refractivity contribution in [2.75, 3.05) is 20.2 Å². The Kier molecular flexibility index (Phi) is 5.14. The van der Waals surface area contributed by atoms with Crippen molar-refractivity contribution in [3.8, 4) is 11.6 Å². The van der Waals surface area contributed by atoms with Crippen LogP contribution < -0.4 is 9.47 Å². The van der Waals surface area contributed by atoms with Gasteiger partial charge in [-0.05, 0) is 31.0 Å². The maximum absolute atomic E-state index is 13.6. The van der Waals surface area contributed by atoms with Crippen LogP contribution in [0.4, 0.5) is 4.39 Å². The summed E-state index contributed by atoms with van der Waals surface area (Å²) in [6.45, 7) is 0.487. The Labute approximate surface area is 145 Å². The number of hydrogen-bond acceptors (Lipinski definition) is 6. The third-order valence-electron chi connectivity index (χ3n) is 3.91. The molecule has 25 heavy (non-hydrogen) atoms. The van der Waals surface area contributed by atoms with Crippen molar-refractivity contribution in [3.05, 3.63) is 42.6 Å². The number of halogens is 1. The summed E-state index contributed by atoms with van der Waals surface area (Å²) in [7, 11) is -2.55. The van der Waals surface area contributed by atoms with Crippen molar-refractivity contribution >= 4 is 10.0 Å². The molecular formula is C16H18FN3O4S. The molecule has 2 heterocycles. The summed E-state index contributed by atoms with van der Waals surface area (Å²) in [5.74, 6) is -0.183. The van der Waals surface area contributed by atoms with E-state index < -0.39 is 15.8 Å². The van der Waals surface area contributed by atoms with E-state index >= 15 is 0 Å². The number of hydrogen-bond donors (Lipinski definition) is 0. The molecule has 0 aliphatic carbocycles. The Balaban J connectivity index is 1.81. The minimum absolute atomic E-state index is 0.110. The largest absolute Gasteiger partial charge is 0.495 e. The van der Waals surface area contributed by atoms with Crippen LogP contribution in [-0.2, 0) is 10.0 Å². The van der Waals surface area contributed by atoms with Crippen molar-refractivity contribution in [1.29, 1.82) is 0 Å². The summed E-state index contributed by atoms with van der Waals surface area (Å²) < 4.78 is 51.5. The number of ether oxygens (including phenoxy) is 2. The normalized spacial score (nSPS) is 18.7. The molecule has 0 N–H and O–H groups in total. The SMILES string of the molecule is COc1ccc(F)cc1S(=O)(=O)N1CCCC(Oc2cnccn2)C1. The van der Waals surface area contributed by atoms with Crippen molar-refractivity contribution < 1.29 is 22.3 Å². The number of benzene rings is 1. The first-order valence-corrected chi connectivity index (χ1v) is 9.21. The zero-order valence-electron chi connectivity index (χ0n) is 13.6. The Morgan fingerprint density at radius 1 is 1.32 bits per heavy atom. The van der Waals surface area contributed by atoms with Gasteiger partial charge in [0.1, 0.15) is 22.6 Å². The van der Waals surface area contributed by atoms with E-state index in [2.05, 4.69) is 9.97 Å². The smallest absolute Gasteiger partial charge is 0.246 e. The van der Waals surface area contributed by atoms with Gasteiger partial charge in [-0.15, -0.1) is 0 Å². The molecule has 3 rings (SSSR count). The molecular weight excluding hydrogens is 349 g/mol. The van der Waals surface area contributed by atoms with Crippen LogP contribution in [0.1, 0.15) is 12.8 Å². The molecule has 1 unspecified atom stereocenters. The maximum atomic E-state index is 13.6. The van der Waals surface area contributed by atoms with Gasteiger partial charge < -0.3 is 9.47 Å². The lowest BCUT2D eigenvalue weighted by molar-refractivity contribution is 0.124. The number of sulfonamides is 1. The molecule has 1 aliphatic heterocycles. The lowest BCUT2D eigenvalue weighted by Gasteiger charge is -2.32. The minimum Gasteiger partial charge on any atom is -0.495 e. The van der Waals surface area contributed by atoms with Gasteiger partial charge in [0.05, 0.1) is 19.9 Å². The third-order valence-corrected chi connectivity index (χ3v) is 5.80. The molecule has 9 heteroatoms. The highest BCUT2D eigenvalue weighted by molar-refractivity contribution is 7.89. The molecule has 1 aliphatic rings. The number of rotatable bonds is 5. The van der Waals surface area contributed by atoms with E-state index in [0.29, 0.717) is 25.3 Å². The molecule has 7 nitrogen and oxygen atoms in total. The van der Waals surface area contributed by atoms with Crippen LogP contribution in [0.3, 0.4) is 0 Å². The van der Waals surface area contributed by atoms with Crippen LogP contribution in [-0.4, -0.2) is 49.0 Å². The van der Waals surface area contributed by atoms with Crippen LogP contribution in [0.2, 0.25) is 0 Å². The van der Waals surface area contributed by atoms with Gasteiger partial charge in [0, 0.05) is 18.9 Å². The average Bonchev–Trinajstić information content (AvgIpc) is 2.63. The van der Waals surface area contributed by atoms with Gasteiger partial charge in [0.25, 0.3) is 0 Å². The summed E-state index contributed by atoms with van der Waals surface area (Å²) in [6.07, 6.45) is 5.48. The number of piperidine rings is 1. The third kappa shape index (κ3) is 3.88. The van der Waals surface area contributed by atoms with Crippen LogP contribution in [0, 0.1) is 5.82 Å². The minimum atomic E-state index is -3.90. The lowest BCUT2D eigenvalue weighted by atomic mass is 10.1. The monoisotopic (exact) mass is 367 g/mol. The van der Waals surface area contributed by atoms with E-state index in [1.165, 1.54) is 36.1 Å². The molecule has 1 saturated heterocycles. The molecule has 0 radical (unpaired) electrons. The summed E-state index contributed by atoms with van der Waals surface area (Å²) in [6, 6.07) is 3.44. The Bertz CT molecular complexity index is 833. The van der Waals surface area contributed by atoms with Gasteiger partial charge >= 0.3 is 0 Å². The fourth-order valence-corrected chi connectivity index (χ4v) is 4.41. The summed E-state index contributed by atoms with van der Waals surface area (Å²) in [4.78, 5) is 7.77. The number of methoxy groups -OCH3 is 1. The van der Waals surface area contributed by atoms with Crippen LogP contribution in [0.15, 0.2) is 41.7 Å². The predicted octanol–water partition coefficient (Wildman–Crippen LogP) is 1.86. The quantitative estimate of drug-likeness (QED) is 0.802. The zero-order chi connectivity index (χ0) is 17.9. The van der Waals surface area contributed by atoms with E-state index in [9.17, 15) is 12.8 Å². The summed E-state index contributed by atoms with van der Waals surface area (Å²) in [5.41, 5.74) is 0. The van der Waals surface area contributed by atoms with E-state index in [1.54, 1.807) is 0 Å². The Morgan fingerprint density at radius 2 is 2.16 bits per heavy atom. The van der Waals surface area contributed by atoms with Crippen LogP contribution in [0.5, 0.6) is 11.6 Å². The summed E-state index contributed by atoms with van der Waals surface area (Å²) >= 11 is 0. The summed E-state index contributed by atoms with van der Waals surface area (Å²) in [5, 5.41) is 0. The van der Waals surface area contributed by atoms with Gasteiger partial charge in [0.15, 0.2) is 0 Å². The maximum Gasteiger partial charge on any atom is 0.246 e. The highest BCUT2D eigenvalue weighted by Crippen LogP contribution is 2.29. The highest BCUT2D eigenvalue weighted by atomic mass is 32.2. The first-order chi connectivity index (χ1) is 12.0. The molecule has 1 fully saturated rings. The topological polar surface area (TPSA) is 81.6 Å². The number of nitrogens with zero attached hydrogens (tertiary/aromatic N) is 3. The molecule has 0 bridgehead atoms. The molecule has 0 saturated carbocycles. The standard InChI is InChI=1S/C16H18FN3O4S/c1-23-14-5-4-12(17)9-15(14)25(21,22)20-8-2-3-13(11-20)24-16-10-18-6-7-19-16/h4-7,9-10,13H,2-3,8,11H2,1H3. The Morgan fingerprint density at radius 3 is 2.88 bits per heavy atom.